The van der Waals surface area contributed by atoms with Crippen molar-refractivity contribution in [2.24, 2.45) is 0 Å². The van der Waals surface area contributed by atoms with Crippen molar-refractivity contribution in [2.75, 3.05) is 6.26 Å². The summed E-state index contributed by atoms with van der Waals surface area (Å²) >= 11 is 7.49. The molecule has 0 aliphatic carbocycles. The summed E-state index contributed by atoms with van der Waals surface area (Å²) in [7, 11) is 0. The van der Waals surface area contributed by atoms with Gasteiger partial charge >= 0.3 is 0 Å². The van der Waals surface area contributed by atoms with E-state index in [1.165, 1.54) is 8.48 Å². The van der Waals surface area contributed by atoms with Crippen LogP contribution >= 0.6 is 50.3 Å². The smallest absolute Gasteiger partial charge is 0.0460 e. The predicted molar refractivity (Wildman–Crippen MR) is 69.7 cm³/mol. The van der Waals surface area contributed by atoms with E-state index in [9.17, 15) is 0 Å². The molecule has 0 saturated carbocycles. The summed E-state index contributed by atoms with van der Waals surface area (Å²) in [6.45, 7) is 0. The Kier molecular flexibility index (Phi) is 4.68. The van der Waals surface area contributed by atoms with Crippen molar-refractivity contribution >= 4 is 56.4 Å². The van der Waals surface area contributed by atoms with E-state index in [0.29, 0.717) is 0 Å². The van der Waals surface area contributed by atoms with Gasteiger partial charge in [-0.2, -0.15) is 0 Å². The summed E-state index contributed by atoms with van der Waals surface area (Å²) in [6, 6.07) is 8.30. The lowest BCUT2D eigenvalue weighted by molar-refractivity contribution is 1.62. The Morgan fingerprint density at radius 1 is 1.42 bits per heavy atom. The summed E-state index contributed by atoms with van der Waals surface area (Å²) in [5.41, 5.74) is 1.25. The third-order valence-corrected chi connectivity index (χ3v) is 4.01. The standard InChI is InChI=1S/C9H8BrIS/c1-12-9(11)6-7-2-4-8(10)5-3-7/h2-6H,1H3. The van der Waals surface area contributed by atoms with E-state index in [-0.39, 0.29) is 0 Å². The van der Waals surface area contributed by atoms with Crippen LogP contribution in [0.25, 0.3) is 6.08 Å². The van der Waals surface area contributed by atoms with Gasteiger partial charge in [0.25, 0.3) is 0 Å². The van der Waals surface area contributed by atoms with Crippen LogP contribution in [0, 0.1) is 0 Å². The quantitative estimate of drug-likeness (QED) is 0.702. The van der Waals surface area contributed by atoms with Gasteiger partial charge < -0.3 is 0 Å². The van der Waals surface area contributed by atoms with Crippen molar-refractivity contribution in [3.05, 3.63) is 37.2 Å². The van der Waals surface area contributed by atoms with E-state index in [1.807, 2.05) is 0 Å². The second kappa shape index (κ2) is 5.29. The number of benzene rings is 1. The van der Waals surface area contributed by atoms with Crippen LogP contribution in [0.3, 0.4) is 0 Å². The molecule has 0 bridgehead atoms. The van der Waals surface area contributed by atoms with Gasteiger partial charge in [0.1, 0.15) is 0 Å². The predicted octanol–water partition coefficient (Wildman–Crippen LogP) is 4.55. The minimum Gasteiger partial charge on any atom is -0.123 e. The van der Waals surface area contributed by atoms with Gasteiger partial charge in [-0.05, 0) is 52.6 Å². The average Bonchev–Trinajstić information content (AvgIpc) is 2.09. The molecule has 0 N–H and O–H groups in total. The molecule has 0 unspecified atom stereocenters. The van der Waals surface area contributed by atoms with Crippen LogP contribution in [0.2, 0.25) is 0 Å². The van der Waals surface area contributed by atoms with Gasteiger partial charge in [-0.25, -0.2) is 0 Å². The Balaban J connectivity index is 2.84. The molecule has 0 atom stereocenters. The van der Waals surface area contributed by atoms with Gasteiger partial charge in [-0.15, -0.1) is 11.8 Å². The van der Waals surface area contributed by atoms with E-state index in [4.69, 9.17) is 0 Å². The maximum atomic E-state index is 3.40. The molecule has 0 aromatic heterocycles. The molecule has 0 fully saturated rings. The topological polar surface area (TPSA) is 0 Å². The Morgan fingerprint density at radius 3 is 2.50 bits per heavy atom. The molecular weight excluding hydrogens is 347 g/mol. The monoisotopic (exact) mass is 354 g/mol. The molecule has 0 heterocycles. The summed E-state index contributed by atoms with van der Waals surface area (Å²) in [5, 5.41) is 0. The van der Waals surface area contributed by atoms with E-state index in [0.717, 1.165) is 4.47 Å². The van der Waals surface area contributed by atoms with Crippen LogP contribution in [0.1, 0.15) is 5.56 Å². The maximum Gasteiger partial charge on any atom is 0.0460 e. The number of halogens is 2. The van der Waals surface area contributed by atoms with Gasteiger partial charge in [0.15, 0.2) is 0 Å². The molecule has 0 spiro atoms. The molecule has 0 radical (unpaired) electrons. The van der Waals surface area contributed by atoms with Crippen molar-refractivity contribution in [1.29, 1.82) is 0 Å². The lowest BCUT2D eigenvalue weighted by atomic mass is 10.2. The van der Waals surface area contributed by atoms with Crippen LogP contribution in [0.4, 0.5) is 0 Å². The van der Waals surface area contributed by atoms with Gasteiger partial charge in [0.05, 0.1) is 0 Å². The molecule has 0 nitrogen and oxygen atoms in total. The molecule has 0 aliphatic heterocycles. The van der Waals surface area contributed by atoms with Crippen molar-refractivity contribution < 1.29 is 0 Å². The largest absolute Gasteiger partial charge is 0.123 e. The minimum absolute atomic E-state index is 1.12. The summed E-state index contributed by atoms with van der Waals surface area (Å²) in [6.07, 6.45) is 4.24. The fraction of sp³-hybridized carbons (Fsp3) is 0.111. The van der Waals surface area contributed by atoms with E-state index < -0.39 is 0 Å². The normalized spacial score (nSPS) is 11.8. The first-order valence-corrected chi connectivity index (χ1v) is 6.49. The number of hydrogen-bond donors (Lipinski definition) is 0. The molecule has 0 amide bonds. The average molecular weight is 355 g/mol. The van der Waals surface area contributed by atoms with E-state index >= 15 is 0 Å². The SMILES string of the molecule is CSC(I)=Cc1ccc(Br)cc1. The molecule has 3 heteroatoms. The van der Waals surface area contributed by atoms with Crippen LogP contribution in [-0.4, -0.2) is 6.26 Å². The molecule has 1 aromatic rings. The van der Waals surface area contributed by atoms with E-state index in [1.54, 1.807) is 11.8 Å². The van der Waals surface area contributed by atoms with Crippen LogP contribution < -0.4 is 0 Å². The fourth-order valence-electron chi connectivity index (χ4n) is 0.749. The zero-order valence-electron chi connectivity index (χ0n) is 6.55. The van der Waals surface area contributed by atoms with Gasteiger partial charge in [-0.1, -0.05) is 28.1 Å². The summed E-state index contributed by atoms with van der Waals surface area (Å²) in [5.74, 6) is 0. The Hall–Kier alpha value is 0.520. The van der Waals surface area contributed by atoms with E-state index in [2.05, 4.69) is 75.1 Å². The second-order valence-corrected chi connectivity index (χ2v) is 5.86. The molecular formula is C9H8BrIS. The first-order chi connectivity index (χ1) is 5.72. The third-order valence-electron chi connectivity index (χ3n) is 1.35. The van der Waals surface area contributed by atoms with Gasteiger partial charge in [-0.3, -0.25) is 0 Å². The molecule has 64 valence electrons. The van der Waals surface area contributed by atoms with Crippen molar-refractivity contribution in [3.8, 4) is 0 Å². The Bertz CT molecular complexity index is 279. The van der Waals surface area contributed by atoms with Gasteiger partial charge in [0, 0.05) is 7.38 Å². The molecule has 1 aromatic carbocycles. The fourth-order valence-corrected chi connectivity index (χ4v) is 1.63. The zero-order valence-corrected chi connectivity index (χ0v) is 11.1. The first-order valence-electron chi connectivity index (χ1n) is 3.39. The van der Waals surface area contributed by atoms with Crippen LogP contribution in [0.5, 0.6) is 0 Å². The highest BCUT2D eigenvalue weighted by molar-refractivity contribution is 14.1. The molecule has 12 heavy (non-hydrogen) atoms. The van der Waals surface area contributed by atoms with Crippen molar-refractivity contribution in [3.63, 3.8) is 0 Å². The molecule has 0 aliphatic rings. The lowest BCUT2D eigenvalue weighted by Gasteiger charge is -1.95. The highest BCUT2D eigenvalue weighted by Crippen LogP contribution is 2.23. The first kappa shape index (κ1) is 10.6. The van der Waals surface area contributed by atoms with Gasteiger partial charge in [0.2, 0.25) is 0 Å². The summed E-state index contributed by atoms with van der Waals surface area (Å²) in [4.78, 5) is 0. The third kappa shape index (κ3) is 3.49. The molecule has 1 rings (SSSR count). The Labute approximate surface area is 99.1 Å². The Morgan fingerprint density at radius 2 is 2.00 bits per heavy atom. The van der Waals surface area contributed by atoms with Crippen LogP contribution in [0.15, 0.2) is 31.7 Å². The van der Waals surface area contributed by atoms with Crippen molar-refractivity contribution in [1.82, 2.24) is 0 Å². The maximum absolute atomic E-state index is 3.40. The van der Waals surface area contributed by atoms with Crippen molar-refractivity contribution in [2.45, 2.75) is 0 Å². The minimum atomic E-state index is 1.12. The number of hydrogen-bond acceptors (Lipinski definition) is 1. The number of rotatable bonds is 2. The van der Waals surface area contributed by atoms with Crippen LogP contribution in [-0.2, 0) is 0 Å². The summed E-state index contributed by atoms with van der Waals surface area (Å²) < 4.78 is 2.42. The molecule has 0 saturated heterocycles. The number of thioether (sulfide) groups is 1. The lowest BCUT2D eigenvalue weighted by Crippen LogP contribution is -1.70. The second-order valence-electron chi connectivity index (χ2n) is 2.20. The highest BCUT2D eigenvalue weighted by atomic mass is 127. The zero-order chi connectivity index (χ0) is 8.97. The highest BCUT2D eigenvalue weighted by Gasteiger charge is 1.90.